The topological polar surface area (TPSA) is 66.8 Å². The van der Waals surface area contributed by atoms with E-state index in [9.17, 15) is 14.7 Å². The molecular weight excluding hydrogens is 246 g/mol. The molecule has 0 saturated carbocycles. The van der Waals surface area contributed by atoms with Crippen LogP contribution in [0.15, 0.2) is 24.3 Å². The number of hydrogen-bond acceptors (Lipinski definition) is 3. The number of fused-ring (bicyclic) bond motifs is 1. The number of carbonyl (C=O) groups excluding carboxylic acids is 1. The molecule has 5 nitrogen and oxygen atoms in total. The SMILES string of the molecule is CC=Cc1cccc2c1OC(CC)C(=O)N2C(=O)O. The molecule has 0 bridgehead atoms. The summed E-state index contributed by atoms with van der Waals surface area (Å²) in [6.45, 7) is 3.64. The fourth-order valence-electron chi connectivity index (χ4n) is 2.07. The van der Waals surface area contributed by atoms with E-state index in [0.717, 1.165) is 10.5 Å². The number of ether oxygens (including phenoxy) is 1. The Labute approximate surface area is 111 Å². The van der Waals surface area contributed by atoms with Crippen LogP contribution < -0.4 is 9.64 Å². The van der Waals surface area contributed by atoms with Crippen molar-refractivity contribution < 1.29 is 19.4 Å². The second-order valence-electron chi connectivity index (χ2n) is 4.17. The van der Waals surface area contributed by atoms with Crippen LogP contribution in [0.3, 0.4) is 0 Å². The van der Waals surface area contributed by atoms with E-state index in [1.165, 1.54) is 0 Å². The molecule has 2 rings (SSSR count). The van der Waals surface area contributed by atoms with E-state index in [2.05, 4.69) is 0 Å². The second kappa shape index (κ2) is 5.14. The number of amides is 2. The van der Waals surface area contributed by atoms with Crippen LogP contribution in [0.25, 0.3) is 6.08 Å². The molecule has 1 atom stereocenters. The van der Waals surface area contributed by atoms with Gasteiger partial charge in [-0.3, -0.25) is 4.79 Å². The summed E-state index contributed by atoms with van der Waals surface area (Å²) in [6.07, 6.45) is 2.04. The van der Waals surface area contributed by atoms with Gasteiger partial charge in [-0.1, -0.05) is 31.2 Å². The largest absolute Gasteiger partial charge is 0.478 e. The highest BCUT2D eigenvalue weighted by molar-refractivity contribution is 6.15. The normalized spacial score (nSPS) is 18.3. The van der Waals surface area contributed by atoms with Gasteiger partial charge in [0.15, 0.2) is 11.9 Å². The van der Waals surface area contributed by atoms with Crippen LogP contribution in [0.4, 0.5) is 10.5 Å². The third-order valence-electron chi connectivity index (χ3n) is 2.93. The molecule has 1 heterocycles. The zero-order valence-electron chi connectivity index (χ0n) is 10.8. The highest BCUT2D eigenvalue weighted by atomic mass is 16.5. The molecule has 100 valence electrons. The molecule has 1 aliphatic rings. The van der Waals surface area contributed by atoms with Gasteiger partial charge in [0.05, 0.1) is 5.69 Å². The van der Waals surface area contributed by atoms with Crippen LogP contribution in [-0.2, 0) is 4.79 Å². The number of allylic oxidation sites excluding steroid dienone is 1. The number of nitrogens with zero attached hydrogens (tertiary/aromatic N) is 1. The summed E-state index contributed by atoms with van der Waals surface area (Å²) in [4.78, 5) is 24.1. The molecule has 1 N–H and O–H groups in total. The van der Waals surface area contributed by atoms with Crippen LogP contribution in [0.1, 0.15) is 25.8 Å². The molecule has 0 aromatic heterocycles. The Kier molecular flexibility index (Phi) is 3.55. The molecule has 0 spiro atoms. The maximum Gasteiger partial charge on any atom is 0.418 e. The summed E-state index contributed by atoms with van der Waals surface area (Å²) in [7, 11) is 0. The van der Waals surface area contributed by atoms with Gasteiger partial charge >= 0.3 is 6.09 Å². The van der Waals surface area contributed by atoms with Crippen molar-refractivity contribution in [2.75, 3.05) is 4.90 Å². The van der Waals surface area contributed by atoms with Gasteiger partial charge in [0, 0.05) is 5.56 Å². The van der Waals surface area contributed by atoms with Crippen molar-refractivity contribution in [1.82, 2.24) is 0 Å². The van der Waals surface area contributed by atoms with Gasteiger partial charge < -0.3 is 9.84 Å². The molecule has 1 aliphatic heterocycles. The number of benzene rings is 1. The lowest BCUT2D eigenvalue weighted by molar-refractivity contribution is -0.125. The zero-order chi connectivity index (χ0) is 14.0. The first-order valence-electron chi connectivity index (χ1n) is 6.09. The van der Waals surface area contributed by atoms with Crippen LogP contribution in [-0.4, -0.2) is 23.2 Å². The van der Waals surface area contributed by atoms with Gasteiger partial charge in [0.25, 0.3) is 5.91 Å². The molecule has 2 amide bonds. The molecule has 1 unspecified atom stereocenters. The quantitative estimate of drug-likeness (QED) is 0.888. The van der Waals surface area contributed by atoms with Gasteiger partial charge in [0.1, 0.15) is 0 Å². The fraction of sp³-hybridized carbons (Fsp3) is 0.286. The minimum absolute atomic E-state index is 0.276. The lowest BCUT2D eigenvalue weighted by Crippen LogP contribution is -2.48. The first-order chi connectivity index (χ1) is 9.10. The van der Waals surface area contributed by atoms with Gasteiger partial charge in [-0.05, 0) is 19.4 Å². The number of imide groups is 1. The van der Waals surface area contributed by atoms with Crippen LogP contribution in [0.2, 0.25) is 0 Å². The molecule has 0 aliphatic carbocycles. The molecular formula is C14H15NO4. The van der Waals surface area contributed by atoms with E-state index in [1.807, 2.05) is 25.1 Å². The van der Waals surface area contributed by atoms with E-state index >= 15 is 0 Å². The minimum atomic E-state index is -1.29. The van der Waals surface area contributed by atoms with Crippen molar-refractivity contribution >= 4 is 23.8 Å². The van der Waals surface area contributed by atoms with Gasteiger partial charge in [-0.15, -0.1) is 0 Å². The molecule has 1 aromatic rings. The Morgan fingerprint density at radius 3 is 2.84 bits per heavy atom. The van der Waals surface area contributed by atoms with Crippen LogP contribution in [0.5, 0.6) is 5.75 Å². The molecule has 1 aromatic carbocycles. The van der Waals surface area contributed by atoms with E-state index in [0.29, 0.717) is 12.2 Å². The number of anilines is 1. The Morgan fingerprint density at radius 1 is 1.53 bits per heavy atom. The number of carbonyl (C=O) groups is 2. The predicted octanol–water partition coefficient (Wildman–Crippen LogP) is 2.90. The summed E-state index contributed by atoms with van der Waals surface area (Å²) in [5.41, 5.74) is 1.04. The van der Waals surface area contributed by atoms with Crippen molar-refractivity contribution in [2.45, 2.75) is 26.4 Å². The first kappa shape index (κ1) is 13.1. The smallest absolute Gasteiger partial charge is 0.418 e. The molecule has 0 radical (unpaired) electrons. The highest BCUT2D eigenvalue weighted by Gasteiger charge is 2.38. The minimum Gasteiger partial charge on any atom is -0.478 e. The van der Waals surface area contributed by atoms with Crippen molar-refractivity contribution in [3.63, 3.8) is 0 Å². The van der Waals surface area contributed by atoms with E-state index in [-0.39, 0.29) is 5.69 Å². The summed E-state index contributed by atoms with van der Waals surface area (Å²) in [5, 5.41) is 9.22. The van der Waals surface area contributed by atoms with Gasteiger partial charge in [-0.25, -0.2) is 9.69 Å². The Morgan fingerprint density at radius 2 is 2.26 bits per heavy atom. The Bertz CT molecular complexity index is 550. The summed E-state index contributed by atoms with van der Waals surface area (Å²) < 4.78 is 5.65. The Hall–Kier alpha value is -2.30. The fourth-order valence-corrected chi connectivity index (χ4v) is 2.07. The number of carboxylic acid groups (broad SMARTS) is 1. The van der Waals surface area contributed by atoms with E-state index in [1.54, 1.807) is 19.1 Å². The standard InChI is InChI=1S/C14H15NO4/c1-3-6-9-7-5-8-10-12(9)19-11(4-2)13(16)15(10)14(17)18/h3,5-8,11H,4H2,1-2H3,(H,17,18). The van der Waals surface area contributed by atoms with Gasteiger partial charge in [0.2, 0.25) is 0 Å². The van der Waals surface area contributed by atoms with Crippen LogP contribution >= 0.6 is 0 Å². The molecule has 0 saturated heterocycles. The number of para-hydroxylation sites is 1. The first-order valence-corrected chi connectivity index (χ1v) is 6.09. The summed E-state index contributed by atoms with van der Waals surface area (Å²) in [6, 6.07) is 5.09. The summed E-state index contributed by atoms with van der Waals surface area (Å²) >= 11 is 0. The van der Waals surface area contributed by atoms with E-state index in [4.69, 9.17) is 4.74 Å². The number of hydrogen-bond donors (Lipinski definition) is 1. The highest BCUT2D eigenvalue weighted by Crippen LogP contribution is 2.38. The monoisotopic (exact) mass is 261 g/mol. The van der Waals surface area contributed by atoms with Crippen LogP contribution in [0, 0.1) is 0 Å². The van der Waals surface area contributed by atoms with E-state index < -0.39 is 18.1 Å². The maximum atomic E-state index is 12.0. The molecule has 19 heavy (non-hydrogen) atoms. The molecule has 5 heteroatoms. The average Bonchev–Trinajstić information content (AvgIpc) is 2.38. The third-order valence-corrected chi connectivity index (χ3v) is 2.93. The van der Waals surface area contributed by atoms with Crippen molar-refractivity contribution in [1.29, 1.82) is 0 Å². The lowest BCUT2D eigenvalue weighted by atomic mass is 10.1. The lowest BCUT2D eigenvalue weighted by Gasteiger charge is -2.31. The van der Waals surface area contributed by atoms with Crippen molar-refractivity contribution in [3.8, 4) is 5.75 Å². The number of rotatable bonds is 2. The van der Waals surface area contributed by atoms with Crippen molar-refractivity contribution in [2.24, 2.45) is 0 Å². The summed E-state index contributed by atoms with van der Waals surface area (Å²) in [5.74, 6) is -0.102. The maximum absolute atomic E-state index is 12.0. The van der Waals surface area contributed by atoms with Crippen molar-refractivity contribution in [3.05, 3.63) is 29.8 Å². The van der Waals surface area contributed by atoms with Gasteiger partial charge in [-0.2, -0.15) is 0 Å². The third kappa shape index (κ3) is 2.19. The second-order valence-corrected chi connectivity index (χ2v) is 4.17. The molecule has 0 fully saturated rings. The Balaban J connectivity index is 2.60. The predicted molar refractivity (Wildman–Crippen MR) is 71.4 cm³/mol. The zero-order valence-corrected chi connectivity index (χ0v) is 10.8. The average molecular weight is 261 g/mol.